The molecule has 0 aromatic heterocycles. The third kappa shape index (κ3) is 8.96. The lowest BCUT2D eigenvalue weighted by atomic mass is 9.86. The van der Waals surface area contributed by atoms with Gasteiger partial charge in [0.2, 0.25) is 0 Å². The molecular weight excluding hydrogens is 316 g/mol. The van der Waals surface area contributed by atoms with Crippen LogP contribution in [0.2, 0.25) is 0 Å². The summed E-state index contributed by atoms with van der Waals surface area (Å²) in [5, 5.41) is 18.0. The van der Waals surface area contributed by atoms with Crippen LogP contribution in [0.15, 0.2) is 0 Å². The highest BCUT2D eigenvalue weighted by Crippen LogP contribution is 2.36. The number of unbranched alkanes of at least 4 members (excludes halogenated alkanes) is 7. The second kappa shape index (κ2) is 13.5. The normalized spacial score (nSPS) is 21.6. The van der Waals surface area contributed by atoms with Gasteiger partial charge < -0.3 is 10.2 Å². The molecule has 4 heteroatoms. The Morgan fingerprint density at radius 2 is 1.68 bits per heavy atom. The van der Waals surface area contributed by atoms with Crippen molar-refractivity contribution in [2.75, 3.05) is 6.61 Å². The zero-order valence-corrected chi connectivity index (χ0v) is 16.0. The summed E-state index contributed by atoms with van der Waals surface area (Å²) in [4.78, 5) is 23.6. The highest BCUT2D eigenvalue weighted by Gasteiger charge is 2.33. The lowest BCUT2D eigenvalue weighted by Gasteiger charge is -2.18. The Labute approximate surface area is 153 Å². The van der Waals surface area contributed by atoms with Gasteiger partial charge in [-0.3, -0.25) is 9.59 Å². The van der Waals surface area contributed by atoms with E-state index in [1.807, 2.05) is 0 Å². The summed E-state index contributed by atoms with van der Waals surface area (Å²) in [5.74, 6) is 0.994. The molecule has 1 aliphatic rings. The monoisotopic (exact) mass is 354 g/mol. The van der Waals surface area contributed by atoms with Crippen LogP contribution in [-0.2, 0) is 9.59 Å². The van der Waals surface area contributed by atoms with E-state index in [1.54, 1.807) is 0 Å². The molecule has 1 saturated carbocycles. The van der Waals surface area contributed by atoms with Crippen molar-refractivity contribution in [2.24, 2.45) is 11.8 Å². The van der Waals surface area contributed by atoms with Crippen LogP contribution in [0.3, 0.4) is 0 Å². The molecule has 4 nitrogen and oxygen atoms in total. The highest BCUT2D eigenvalue weighted by molar-refractivity contribution is 5.83. The van der Waals surface area contributed by atoms with Crippen molar-refractivity contribution in [2.45, 2.75) is 103 Å². The van der Waals surface area contributed by atoms with E-state index in [-0.39, 0.29) is 11.7 Å². The summed E-state index contributed by atoms with van der Waals surface area (Å²) in [6.45, 7) is 1.74. The quantitative estimate of drug-likeness (QED) is 0.432. The van der Waals surface area contributed by atoms with Crippen molar-refractivity contribution in [3.05, 3.63) is 0 Å². The number of Topliss-reactive ketones (excluding diaryl/α,β-unsaturated/α-hetero) is 2. The van der Waals surface area contributed by atoms with Gasteiger partial charge in [0, 0.05) is 18.8 Å². The van der Waals surface area contributed by atoms with E-state index in [0.717, 1.165) is 38.5 Å². The minimum absolute atomic E-state index is 0.245. The maximum atomic E-state index is 12.1. The molecule has 1 unspecified atom stereocenters. The third-order valence-electron chi connectivity index (χ3n) is 5.66. The average Bonchev–Trinajstić information content (AvgIpc) is 2.96. The molecule has 0 amide bonds. The van der Waals surface area contributed by atoms with Crippen LogP contribution in [0.1, 0.15) is 96.8 Å². The molecule has 3 atom stereocenters. The van der Waals surface area contributed by atoms with E-state index in [1.165, 1.54) is 44.9 Å². The molecule has 0 saturated heterocycles. The molecule has 2 N–H and O–H groups in total. The van der Waals surface area contributed by atoms with Gasteiger partial charge in [-0.05, 0) is 31.6 Å². The largest absolute Gasteiger partial charge is 0.393 e. The topological polar surface area (TPSA) is 74.6 Å². The van der Waals surface area contributed by atoms with Crippen molar-refractivity contribution in [3.63, 3.8) is 0 Å². The van der Waals surface area contributed by atoms with Crippen molar-refractivity contribution in [1.29, 1.82) is 0 Å². The van der Waals surface area contributed by atoms with Crippen LogP contribution < -0.4 is 0 Å². The van der Waals surface area contributed by atoms with Crippen molar-refractivity contribution >= 4 is 11.6 Å². The lowest BCUT2D eigenvalue weighted by molar-refractivity contribution is -0.129. The van der Waals surface area contributed by atoms with Gasteiger partial charge in [-0.2, -0.15) is 0 Å². The zero-order valence-electron chi connectivity index (χ0n) is 16.0. The second-order valence-corrected chi connectivity index (χ2v) is 7.69. The molecule has 146 valence electrons. The minimum atomic E-state index is -1.22. The van der Waals surface area contributed by atoms with Gasteiger partial charge in [-0.15, -0.1) is 0 Å². The summed E-state index contributed by atoms with van der Waals surface area (Å²) < 4.78 is 0. The van der Waals surface area contributed by atoms with E-state index < -0.39 is 12.7 Å². The molecular formula is C21H38O4. The Morgan fingerprint density at radius 1 is 1.04 bits per heavy atom. The van der Waals surface area contributed by atoms with Gasteiger partial charge in [0.1, 0.15) is 11.9 Å². The fourth-order valence-corrected chi connectivity index (χ4v) is 4.01. The van der Waals surface area contributed by atoms with Crippen molar-refractivity contribution in [1.82, 2.24) is 0 Å². The Balaban J connectivity index is 2.15. The number of aliphatic hydroxyl groups excluding tert-OH is 2. The molecule has 0 aliphatic heterocycles. The number of rotatable bonds is 15. The van der Waals surface area contributed by atoms with Gasteiger partial charge in [-0.25, -0.2) is 0 Å². The number of carbonyl (C=O) groups excluding carboxylic acids is 2. The Morgan fingerprint density at radius 3 is 2.40 bits per heavy atom. The van der Waals surface area contributed by atoms with E-state index >= 15 is 0 Å². The third-order valence-corrected chi connectivity index (χ3v) is 5.66. The standard InChI is InChI=1S/C21H38O4/c1-2-3-4-5-6-8-11-17-14-15-19(23)18(17)12-9-7-10-13-20(24)21(25)16-22/h17-18,21-22,25H,2-16H2,1H3/t17-,18+,21?/m0/s1. The van der Waals surface area contributed by atoms with Crippen molar-refractivity contribution < 1.29 is 19.8 Å². The van der Waals surface area contributed by atoms with E-state index in [9.17, 15) is 14.7 Å². The number of hydrogen-bond donors (Lipinski definition) is 2. The molecule has 0 aromatic rings. The van der Waals surface area contributed by atoms with Crippen LogP contribution in [-0.4, -0.2) is 34.5 Å². The average molecular weight is 355 g/mol. The molecule has 1 aliphatic carbocycles. The molecule has 0 heterocycles. The van der Waals surface area contributed by atoms with Crippen LogP contribution in [0.5, 0.6) is 0 Å². The summed E-state index contributed by atoms with van der Waals surface area (Å²) in [6, 6.07) is 0. The number of carbonyl (C=O) groups is 2. The number of ketones is 2. The predicted octanol–water partition coefficient (Wildman–Crippen LogP) is 4.21. The first-order valence-electron chi connectivity index (χ1n) is 10.4. The maximum Gasteiger partial charge on any atom is 0.163 e. The number of hydrogen-bond acceptors (Lipinski definition) is 4. The van der Waals surface area contributed by atoms with Gasteiger partial charge in [0.05, 0.1) is 6.61 Å². The smallest absolute Gasteiger partial charge is 0.163 e. The number of aliphatic hydroxyl groups is 2. The van der Waals surface area contributed by atoms with Crippen LogP contribution in [0.25, 0.3) is 0 Å². The van der Waals surface area contributed by atoms with E-state index in [2.05, 4.69) is 6.92 Å². The predicted molar refractivity (Wildman–Crippen MR) is 100 cm³/mol. The summed E-state index contributed by atoms with van der Waals surface area (Å²) >= 11 is 0. The maximum absolute atomic E-state index is 12.1. The Hall–Kier alpha value is -0.740. The van der Waals surface area contributed by atoms with E-state index in [0.29, 0.717) is 18.1 Å². The van der Waals surface area contributed by atoms with Crippen molar-refractivity contribution in [3.8, 4) is 0 Å². The van der Waals surface area contributed by atoms with Gasteiger partial charge in [0.25, 0.3) is 0 Å². The first-order chi connectivity index (χ1) is 12.1. The summed E-state index contributed by atoms with van der Waals surface area (Å²) in [6.07, 6.45) is 13.5. The molecule has 25 heavy (non-hydrogen) atoms. The van der Waals surface area contributed by atoms with Crippen LogP contribution >= 0.6 is 0 Å². The summed E-state index contributed by atoms with van der Waals surface area (Å²) in [5.41, 5.74) is 0. The molecule has 1 rings (SSSR count). The Bertz CT molecular complexity index is 380. The molecule has 0 aromatic carbocycles. The zero-order chi connectivity index (χ0) is 18.5. The molecule has 1 fully saturated rings. The molecule has 0 bridgehead atoms. The first kappa shape index (κ1) is 22.3. The lowest BCUT2D eigenvalue weighted by Crippen LogP contribution is -2.23. The molecule has 0 spiro atoms. The van der Waals surface area contributed by atoms with Gasteiger partial charge >= 0.3 is 0 Å². The fourth-order valence-electron chi connectivity index (χ4n) is 4.01. The fraction of sp³-hybridized carbons (Fsp3) is 0.905. The molecule has 0 radical (unpaired) electrons. The second-order valence-electron chi connectivity index (χ2n) is 7.69. The SMILES string of the molecule is CCCCCCCC[C@H]1CCC(=O)[C@@H]1CCCCCC(=O)C(O)CO. The highest BCUT2D eigenvalue weighted by atomic mass is 16.3. The first-order valence-corrected chi connectivity index (χ1v) is 10.4. The van der Waals surface area contributed by atoms with Crippen LogP contribution in [0, 0.1) is 11.8 Å². The van der Waals surface area contributed by atoms with Crippen LogP contribution in [0.4, 0.5) is 0 Å². The minimum Gasteiger partial charge on any atom is -0.393 e. The summed E-state index contributed by atoms with van der Waals surface area (Å²) in [7, 11) is 0. The van der Waals surface area contributed by atoms with E-state index in [4.69, 9.17) is 5.11 Å². The Kier molecular flexibility index (Phi) is 12.0. The van der Waals surface area contributed by atoms with Gasteiger partial charge in [0.15, 0.2) is 5.78 Å². The van der Waals surface area contributed by atoms with Gasteiger partial charge in [-0.1, -0.05) is 58.3 Å².